The summed E-state index contributed by atoms with van der Waals surface area (Å²) < 4.78 is 0. The van der Waals surface area contributed by atoms with Gasteiger partial charge in [0.25, 0.3) is 0 Å². The Hall–Kier alpha value is -0.530. The topological polar surface area (TPSA) is 29.1 Å². The van der Waals surface area contributed by atoms with Crippen LogP contribution in [0.25, 0.3) is 0 Å². The maximum atomic E-state index is 11.6. The molecule has 68 valence electrons. The van der Waals surface area contributed by atoms with Gasteiger partial charge in [0.05, 0.1) is 0 Å². The van der Waals surface area contributed by atoms with Gasteiger partial charge in [-0.1, -0.05) is 20.8 Å². The van der Waals surface area contributed by atoms with Crippen molar-refractivity contribution < 1.29 is 4.79 Å². The molecule has 12 heavy (non-hydrogen) atoms. The molecule has 2 heteroatoms. The second kappa shape index (κ2) is 2.04. The zero-order valence-corrected chi connectivity index (χ0v) is 8.11. The highest BCUT2D eigenvalue weighted by atomic mass is 16.2. The molecule has 0 aliphatic heterocycles. The minimum absolute atomic E-state index is 0.209. The Morgan fingerprint density at radius 3 is 2.08 bits per heavy atom. The second-order valence-corrected chi connectivity index (χ2v) is 5.46. The lowest BCUT2D eigenvalue weighted by Crippen LogP contribution is -2.69. The van der Waals surface area contributed by atoms with E-state index in [1.54, 1.807) is 0 Å². The van der Waals surface area contributed by atoms with Gasteiger partial charge in [-0.3, -0.25) is 4.79 Å². The second-order valence-electron chi connectivity index (χ2n) is 5.46. The summed E-state index contributed by atoms with van der Waals surface area (Å²) in [5.74, 6) is 1.14. The molecule has 3 rings (SSSR count). The first-order valence-electron chi connectivity index (χ1n) is 4.74. The molecular weight excluding hydrogens is 150 g/mol. The number of hydrogen-bond acceptors (Lipinski definition) is 1. The first-order chi connectivity index (χ1) is 5.41. The number of amides is 1. The van der Waals surface area contributed by atoms with Gasteiger partial charge in [-0.25, -0.2) is 0 Å². The molecule has 3 aliphatic rings. The summed E-state index contributed by atoms with van der Waals surface area (Å²) in [6.45, 7) is 5.90. The molecule has 0 radical (unpaired) electrons. The molecule has 0 spiro atoms. The van der Waals surface area contributed by atoms with E-state index in [4.69, 9.17) is 0 Å². The summed E-state index contributed by atoms with van der Waals surface area (Å²) in [7, 11) is 0. The SMILES string of the molecule is CC(C)(C)C(=O)NC12CC(C1)C2. The van der Waals surface area contributed by atoms with Gasteiger partial charge in [0, 0.05) is 11.0 Å². The molecule has 3 fully saturated rings. The van der Waals surface area contributed by atoms with Crippen LogP contribution in [0.15, 0.2) is 0 Å². The monoisotopic (exact) mass is 167 g/mol. The summed E-state index contributed by atoms with van der Waals surface area (Å²) in [5.41, 5.74) is 0.0183. The smallest absolute Gasteiger partial charge is 0.225 e. The van der Waals surface area contributed by atoms with Crippen LogP contribution in [0, 0.1) is 11.3 Å². The third-order valence-electron chi connectivity index (χ3n) is 3.10. The lowest BCUT2D eigenvalue weighted by atomic mass is 9.50. The van der Waals surface area contributed by atoms with Crippen molar-refractivity contribution >= 4 is 5.91 Å². The standard InChI is InChI=1S/C10H17NO/c1-9(2,3)8(12)11-10-4-7(5-10)6-10/h7H,4-6H2,1-3H3,(H,11,12). The van der Waals surface area contributed by atoms with Crippen molar-refractivity contribution in [2.75, 3.05) is 0 Å². The Morgan fingerprint density at radius 2 is 1.83 bits per heavy atom. The molecule has 0 aromatic heterocycles. The van der Waals surface area contributed by atoms with Gasteiger partial charge in [-0.05, 0) is 25.2 Å². The van der Waals surface area contributed by atoms with Crippen LogP contribution in [0.5, 0.6) is 0 Å². The maximum absolute atomic E-state index is 11.6. The fourth-order valence-electron chi connectivity index (χ4n) is 2.06. The van der Waals surface area contributed by atoms with Crippen LogP contribution >= 0.6 is 0 Å². The van der Waals surface area contributed by atoms with E-state index < -0.39 is 0 Å². The van der Waals surface area contributed by atoms with Gasteiger partial charge in [-0.2, -0.15) is 0 Å². The predicted octanol–water partition coefficient (Wildman–Crippen LogP) is 1.70. The summed E-state index contributed by atoms with van der Waals surface area (Å²) in [6.07, 6.45) is 3.69. The van der Waals surface area contributed by atoms with Gasteiger partial charge in [0.2, 0.25) is 5.91 Å². The summed E-state index contributed by atoms with van der Waals surface area (Å²) in [4.78, 5) is 11.6. The van der Waals surface area contributed by atoms with Crippen molar-refractivity contribution in [2.24, 2.45) is 11.3 Å². The van der Waals surface area contributed by atoms with Crippen LogP contribution in [0.1, 0.15) is 40.0 Å². The lowest BCUT2D eigenvalue weighted by molar-refractivity contribution is -0.140. The molecule has 2 bridgehead atoms. The van der Waals surface area contributed by atoms with E-state index in [-0.39, 0.29) is 16.9 Å². The van der Waals surface area contributed by atoms with Crippen molar-refractivity contribution in [1.82, 2.24) is 5.32 Å². The lowest BCUT2D eigenvalue weighted by Gasteiger charge is -2.62. The van der Waals surface area contributed by atoms with Crippen molar-refractivity contribution in [3.05, 3.63) is 0 Å². The first kappa shape index (κ1) is 8.09. The number of carbonyl (C=O) groups excluding carboxylic acids is 1. The highest BCUT2D eigenvalue weighted by Crippen LogP contribution is 2.57. The van der Waals surface area contributed by atoms with Crippen molar-refractivity contribution in [3.8, 4) is 0 Å². The molecule has 0 aromatic carbocycles. The summed E-state index contributed by atoms with van der Waals surface area (Å²) >= 11 is 0. The van der Waals surface area contributed by atoms with E-state index in [0.29, 0.717) is 0 Å². The largest absolute Gasteiger partial charge is 0.350 e. The molecule has 2 nitrogen and oxygen atoms in total. The van der Waals surface area contributed by atoms with E-state index in [0.717, 1.165) is 5.92 Å². The van der Waals surface area contributed by atoms with Gasteiger partial charge < -0.3 is 5.32 Å². The maximum Gasteiger partial charge on any atom is 0.225 e. The third-order valence-corrected chi connectivity index (χ3v) is 3.10. The molecule has 0 saturated heterocycles. The van der Waals surface area contributed by atoms with Crippen LogP contribution in [-0.4, -0.2) is 11.4 Å². The summed E-state index contributed by atoms with van der Waals surface area (Å²) in [6, 6.07) is 0. The van der Waals surface area contributed by atoms with E-state index in [2.05, 4.69) is 5.32 Å². The molecular formula is C10H17NO. The Morgan fingerprint density at radius 1 is 1.33 bits per heavy atom. The minimum atomic E-state index is -0.227. The van der Waals surface area contributed by atoms with Gasteiger partial charge >= 0.3 is 0 Å². The summed E-state index contributed by atoms with van der Waals surface area (Å²) in [5, 5.41) is 3.16. The van der Waals surface area contributed by atoms with Gasteiger partial charge in [0.1, 0.15) is 0 Å². The van der Waals surface area contributed by atoms with E-state index in [1.807, 2.05) is 20.8 Å². The molecule has 1 amide bonds. The number of hydrogen-bond donors (Lipinski definition) is 1. The van der Waals surface area contributed by atoms with Crippen molar-refractivity contribution in [2.45, 2.75) is 45.6 Å². The highest BCUT2D eigenvalue weighted by molar-refractivity contribution is 5.82. The first-order valence-corrected chi connectivity index (χ1v) is 4.74. The van der Waals surface area contributed by atoms with Crippen LogP contribution in [0.2, 0.25) is 0 Å². The van der Waals surface area contributed by atoms with Crippen LogP contribution in [0.3, 0.4) is 0 Å². The zero-order valence-electron chi connectivity index (χ0n) is 8.11. The highest BCUT2D eigenvalue weighted by Gasteiger charge is 2.57. The Labute approximate surface area is 73.7 Å². The van der Waals surface area contributed by atoms with E-state index in [1.165, 1.54) is 19.3 Å². The molecule has 1 N–H and O–H groups in total. The van der Waals surface area contributed by atoms with Gasteiger partial charge in [0.15, 0.2) is 0 Å². The minimum Gasteiger partial charge on any atom is -0.350 e. The normalized spacial score (nSPS) is 38.1. The average Bonchev–Trinajstić information content (AvgIpc) is 1.72. The number of nitrogens with one attached hydrogen (secondary N) is 1. The van der Waals surface area contributed by atoms with Crippen LogP contribution < -0.4 is 5.32 Å². The Balaban J connectivity index is 1.91. The van der Waals surface area contributed by atoms with E-state index >= 15 is 0 Å². The Kier molecular flexibility index (Phi) is 1.37. The van der Waals surface area contributed by atoms with E-state index in [9.17, 15) is 4.79 Å². The zero-order chi connectivity index (χ0) is 8.98. The predicted molar refractivity (Wildman–Crippen MR) is 47.7 cm³/mol. The fourth-order valence-corrected chi connectivity index (χ4v) is 2.06. The molecule has 0 aromatic rings. The molecule has 3 saturated carbocycles. The average molecular weight is 167 g/mol. The Bertz CT molecular complexity index is 209. The molecule has 0 atom stereocenters. The quantitative estimate of drug-likeness (QED) is 0.632. The van der Waals surface area contributed by atoms with Gasteiger partial charge in [-0.15, -0.1) is 0 Å². The molecule has 0 unspecified atom stereocenters. The number of rotatable bonds is 1. The fraction of sp³-hybridized carbons (Fsp3) is 0.900. The molecule has 0 heterocycles. The molecule has 3 aliphatic carbocycles. The third kappa shape index (κ3) is 1.05. The van der Waals surface area contributed by atoms with Crippen LogP contribution in [0.4, 0.5) is 0 Å². The van der Waals surface area contributed by atoms with Crippen molar-refractivity contribution in [1.29, 1.82) is 0 Å². The number of carbonyl (C=O) groups is 1. The van der Waals surface area contributed by atoms with Crippen molar-refractivity contribution in [3.63, 3.8) is 0 Å². The van der Waals surface area contributed by atoms with Crippen LogP contribution in [-0.2, 0) is 4.79 Å².